The van der Waals surface area contributed by atoms with Crippen molar-refractivity contribution in [3.63, 3.8) is 0 Å². The second-order valence-electron chi connectivity index (χ2n) is 3.20. The van der Waals surface area contributed by atoms with Crippen LogP contribution in [0.1, 0.15) is 12.0 Å². The number of hydrogen-bond donors (Lipinski definition) is 1. The molecule has 3 nitrogen and oxygen atoms in total. The summed E-state index contributed by atoms with van der Waals surface area (Å²) in [5.74, 6) is 1.19. The van der Waals surface area contributed by atoms with E-state index in [4.69, 9.17) is 39.0 Å². The van der Waals surface area contributed by atoms with Crippen LogP contribution in [0.5, 0.6) is 11.5 Å². The highest BCUT2D eigenvalue weighted by atomic mass is 35.5. The third-order valence-corrected chi connectivity index (χ3v) is 2.60. The Morgan fingerprint density at radius 2 is 2.07 bits per heavy atom. The van der Waals surface area contributed by atoms with Gasteiger partial charge in [0, 0.05) is 12.0 Å². The molecule has 80 valence electrons. The molecule has 2 N–H and O–H groups in total. The summed E-state index contributed by atoms with van der Waals surface area (Å²) in [6.45, 7) is 1.23. The molecule has 1 aromatic rings. The van der Waals surface area contributed by atoms with Crippen molar-refractivity contribution >= 4 is 28.8 Å². The topological polar surface area (TPSA) is 44.5 Å². The summed E-state index contributed by atoms with van der Waals surface area (Å²) in [6, 6.07) is 3.45. The second kappa shape index (κ2) is 4.24. The molecule has 0 radical (unpaired) electrons. The van der Waals surface area contributed by atoms with Crippen LogP contribution in [0, 0.1) is 0 Å². The minimum absolute atomic E-state index is 0.299. The Balaban J connectivity index is 2.48. The predicted octanol–water partition coefficient (Wildman–Crippen LogP) is 2.14. The zero-order valence-corrected chi connectivity index (χ0v) is 9.53. The third kappa shape index (κ3) is 2.16. The highest BCUT2D eigenvalue weighted by Crippen LogP contribution is 2.37. The standard InChI is InChI=1S/C10H10ClNO2S/c11-7-4-6(10(12)15)5-8-9(7)14-3-1-2-13-8/h4-5H,1-3H2,(H2,12,15). The van der Waals surface area contributed by atoms with Gasteiger partial charge in [0.05, 0.1) is 18.2 Å². The van der Waals surface area contributed by atoms with Crippen molar-refractivity contribution in [1.82, 2.24) is 0 Å². The van der Waals surface area contributed by atoms with Crippen LogP contribution >= 0.6 is 23.8 Å². The predicted molar refractivity (Wildman–Crippen MR) is 62.9 cm³/mol. The van der Waals surface area contributed by atoms with Crippen molar-refractivity contribution in [1.29, 1.82) is 0 Å². The van der Waals surface area contributed by atoms with Crippen molar-refractivity contribution < 1.29 is 9.47 Å². The van der Waals surface area contributed by atoms with Crippen molar-refractivity contribution in [3.8, 4) is 11.5 Å². The molecule has 0 bridgehead atoms. The highest BCUT2D eigenvalue weighted by Gasteiger charge is 2.16. The van der Waals surface area contributed by atoms with E-state index in [-0.39, 0.29) is 0 Å². The molecule has 1 aliphatic rings. The van der Waals surface area contributed by atoms with Gasteiger partial charge in [0.1, 0.15) is 4.99 Å². The van der Waals surface area contributed by atoms with E-state index in [2.05, 4.69) is 0 Å². The molecule has 0 aliphatic carbocycles. The van der Waals surface area contributed by atoms with Gasteiger partial charge >= 0.3 is 0 Å². The normalized spacial score (nSPS) is 14.5. The number of thiocarbonyl (C=S) groups is 1. The Kier molecular flexibility index (Phi) is 2.98. The maximum absolute atomic E-state index is 6.04. The van der Waals surface area contributed by atoms with E-state index in [1.165, 1.54) is 0 Å². The van der Waals surface area contributed by atoms with Gasteiger partial charge in [-0.15, -0.1) is 0 Å². The summed E-state index contributed by atoms with van der Waals surface area (Å²) < 4.78 is 11.0. The van der Waals surface area contributed by atoms with Crippen molar-refractivity contribution in [2.45, 2.75) is 6.42 Å². The Morgan fingerprint density at radius 3 is 2.80 bits per heavy atom. The minimum atomic E-state index is 0.299. The first-order valence-electron chi connectivity index (χ1n) is 4.57. The number of hydrogen-bond acceptors (Lipinski definition) is 3. The van der Waals surface area contributed by atoms with E-state index in [9.17, 15) is 0 Å². The van der Waals surface area contributed by atoms with E-state index in [0.717, 1.165) is 6.42 Å². The fourth-order valence-electron chi connectivity index (χ4n) is 1.37. The number of nitrogens with two attached hydrogens (primary N) is 1. The summed E-state index contributed by atoms with van der Waals surface area (Å²) in [5, 5.41) is 0.484. The average molecular weight is 244 g/mol. The van der Waals surface area contributed by atoms with Crippen molar-refractivity contribution in [3.05, 3.63) is 22.7 Å². The fraction of sp³-hybridized carbons (Fsp3) is 0.300. The zero-order valence-electron chi connectivity index (χ0n) is 7.96. The Labute approximate surface area is 98.1 Å². The van der Waals surface area contributed by atoms with Gasteiger partial charge in [-0.1, -0.05) is 23.8 Å². The molecule has 0 atom stereocenters. The lowest BCUT2D eigenvalue weighted by Gasteiger charge is -2.10. The molecule has 1 aliphatic heterocycles. The van der Waals surface area contributed by atoms with E-state index < -0.39 is 0 Å². The first kappa shape index (κ1) is 10.5. The summed E-state index contributed by atoms with van der Waals surface area (Å²) in [7, 11) is 0. The largest absolute Gasteiger partial charge is 0.489 e. The number of rotatable bonds is 1. The lowest BCUT2D eigenvalue weighted by atomic mass is 10.2. The van der Waals surface area contributed by atoms with Crippen LogP contribution in [0.25, 0.3) is 0 Å². The van der Waals surface area contributed by atoms with Crippen LogP contribution in [-0.2, 0) is 0 Å². The van der Waals surface area contributed by atoms with Gasteiger partial charge in [-0.05, 0) is 12.1 Å². The van der Waals surface area contributed by atoms with Crippen LogP contribution in [0.3, 0.4) is 0 Å². The quantitative estimate of drug-likeness (QED) is 0.768. The molecule has 0 unspecified atom stereocenters. The number of benzene rings is 1. The Hall–Kier alpha value is -1.00. The second-order valence-corrected chi connectivity index (χ2v) is 4.05. The molecule has 15 heavy (non-hydrogen) atoms. The molecule has 0 amide bonds. The van der Waals surface area contributed by atoms with Crippen LogP contribution in [0.2, 0.25) is 5.02 Å². The van der Waals surface area contributed by atoms with Crippen molar-refractivity contribution in [2.24, 2.45) is 5.73 Å². The number of halogens is 1. The molecule has 0 saturated carbocycles. The van der Waals surface area contributed by atoms with Gasteiger partial charge in [0.15, 0.2) is 11.5 Å². The van der Waals surface area contributed by atoms with Crippen LogP contribution < -0.4 is 15.2 Å². The van der Waals surface area contributed by atoms with E-state index in [0.29, 0.717) is 40.3 Å². The summed E-state index contributed by atoms with van der Waals surface area (Å²) >= 11 is 10.9. The first-order valence-corrected chi connectivity index (χ1v) is 5.36. The number of ether oxygens (including phenoxy) is 2. The zero-order chi connectivity index (χ0) is 10.8. The van der Waals surface area contributed by atoms with Crippen LogP contribution in [0.15, 0.2) is 12.1 Å². The van der Waals surface area contributed by atoms with Gasteiger partial charge in [-0.2, -0.15) is 0 Å². The summed E-state index contributed by atoms with van der Waals surface area (Å²) in [5.41, 5.74) is 6.23. The lowest BCUT2D eigenvalue weighted by Crippen LogP contribution is -2.09. The van der Waals surface area contributed by atoms with Crippen LogP contribution in [-0.4, -0.2) is 18.2 Å². The average Bonchev–Trinajstić information content (AvgIpc) is 2.42. The highest BCUT2D eigenvalue weighted by molar-refractivity contribution is 7.80. The Morgan fingerprint density at radius 1 is 1.33 bits per heavy atom. The first-order chi connectivity index (χ1) is 7.18. The third-order valence-electron chi connectivity index (χ3n) is 2.09. The molecule has 0 aromatic heterocycles. The molecule has 0 saturated heterocycles. The molecule has 0 spiro atoms. The smallest absolute Gasteiger partial charge is 0.179 e. The number of fused-ring (bicyclic) bond motifs is 1. The van der Waals surface area contributed by atoms with E-state index >= 15 is 0 Å². The van der Waals surface area contributed by atoms with Gasteiger partial charge in [0.25, 0.3) is 0 Å². The molecule has 1 heterocycles. The summed E-state index contributed by atoms with van der Waals surface area (Å²) in [4.78, 5) is 0.299. The maximum atomic E-state index is 6.04. The monoisotopic (exact) mass is 243 g/mol. The van der Waals surface area contributed by atoms with Gasteiger partial charge in [-0.3, -0.25) is 0 Å². The SMILES string of the molecule is NC(=S)c1cc(Cl)c2c(c1)OCCCO2. The van der Waals surface area contributed by atoms with Crippen molar-refractivity contribution in [2.75, 3.05) is 13.2 Å². The van der Waals surface area contributed by atoms with Gasteiger partial charge < -0.3 is 15.2 Å². The van der Waals surface area contributed by atoms with Gasteiger partial charge in [-0.25, -0.2) is 0 Å². The summed E-state index contributed by atoms with van der Waals surface area (Å²) in [6.07, 6.45) is 0.841. The molecular weight excluding hydrogens is 234 g/mol. The van der Waals surface area contributed by atoms with Gasteiger partial charge in [0.2, 0.25) is 0 Å². The Bertz CT molecular complexity index is 409. The van der Waals surface area contributed by atoms with E-state index in [1.807, 2.05) is 0 Å². The van der Waals surface area contributed by atoms with E-state index in [1.54, 1.807) is 12.1 Å². The molecule has 0 fully saturated rings. The molecule has 2 rings (SSSR count). The molecule has 5 heteroatoms. The maximum Gasteiger partial charge on any atom is 0.179 e. The fourth-order valence-corrected chi connectivity index (χ4v) is 1.76. The lowest BCUT2D eigenvalue weighted by molar-refractivity contribution is 0.297. The minimum Gasteiger partial charge on any atom is -0.489 e. The molecule has 1 aromatic carbocycles. The molecular formula is C10H10ClNO2S. The van der Waals surface area contributed by atoms with Crippen LogP contribution in [0.4, 0.5) is 0 Å².